The number of unbranched alkanes of at least 4 members (excludes halogenated alkanes) is 2. The highest BCUT2D eigenvalue weighted by Crippen LogP contribution is 2.50. The number of esters is 2. The van der Waals surface area contributed by atoms with E-state index in [1.807, 2.05) is 32.1 Å². The molecule has 5 rings (SSSR count). The summed E-state index contributed by atoms with van der Waals surface area (Å²) in [6.45, 7) is 16.2. The van der Waals surface area contributed by atoms with Gasteiger partial charge in [-0.3, -0.25) is 33.6 Å². The fourth-order valence-electron chi connectivity index (χ4n) is 10.6. The highest BCUT2D eigenvalue weighted by atomic mass is 79.9. The average Bonchev–Trinajstić information content (AvgIpc) is 1.60. The summed E-state index contributed by atoms with van der Waals surface area (Å²) in [7, 11) is 5.73. The molecular formula is C62H86BrClN8O15. The summed E-state index contributed by atoms with van der Waals surface area (Å²) in [6, 6.07) is 3.45. The molecule has 0 radical (unpaired) electrons. The van der Waals surface area contributed by atoms with E-state index in [2.05, 4.69) is 49.1 Å². The minimum absolute atomic E-state index is 0.0283. The number of carbonyl (C=O) groups is 9. The van der Waals surface area contributed by atoms with Crippen LogP contribution in [0.4, 0.5) is 16.2 Å². The summed E-state index contributed by atoms with van der Waals surface area (Å²) < 4.78 is 29.7. The van der Waals surface area contributed by atoms with Gasteiger partial charge in [0, 0.05) is 70.0 Å². The number of ether oxygens (including phenoxy) is 5. The standard InChI is InChI=1S/C62H86BrClN8O15/c1-34(2)53(70-49(73)21-14-13-15-24-66-55(76)37(5)33-63)57(78)68-43(19-17-25-67-60(65)81)56(77)69-44-29-41(83-11)22-23-42(44)58(79)71(9)39(7)59(80)86-48-30-50(74)72(10)45-28-40(27-36(4)52(45)64)26-35(3)18-16-20-47(84-12)62(82)31-46(85-51(75)32-62)38(6)54-61(48,8)87-54/h16,18,20,22-23,27-29,34,38-39,43,46-48,53-54,82H,5,13-15,17,19,21,24-26,30-33H2,1-4,6-12H3,(H,66,76)(H,68,78)(H,69,77)(H,70,73)(H3,65,67,81)/b20-16+,35-18+/t38-,39+,43+,46+,47-,48+,53+,54+,61+,62-/m1/s1. The van der Waals surface area contributed by atoms with Gasteiger partial charge in [-0.2, -0.15) is 0 Å². The van der Waals surface area contributed by atoms with Gasteiger partial charge in [-0.25, -0.2) is 9.59 Å². The number of alkyl halides is 1. The number of allylic oxidation sites excluding steroid dienone is 3. The first-order valence-electron chi connectivity index (χ1n) is 29.1. The Morgan fingerprint density at radius 3 is 2.34 bits per heavy atom. The number of hydrogen-bond acceptors (Lipinski definition) is 15. The van der Waals surface area contributed by atoms with Gasteiger partial charge in [0.2, 0.25) is 29.5 Å². The third kappa shape index (κ3) is 19.1. The second kappa shape index (κ2) is 31.9. The van der Waals surface area contributed by atoms with Crippen LogP contribution in [0.25, 0.3) is 0 Å². The van der Waals surface area contributed by atoms with Crippen molar-refractivity contribution in [1.82, 2.24) is 26.2 Å². The molecule has 4 bridgehead atoms. The van der Waals surface area contributed by atoms with Gasteiger partial charge >= 0.3 is 18.0 Å². The third-order valence-electron chi connectivity index (χ3n) is 16.1. The van der Waals surface area contributed by atoms with E-state index in [4.69, 9.17) is 41.0 Å². The number of aliphatic hydroxyl groups is 1. The summed E-state index contributed by atoms with van der Waals surface area (Å²) in [5, 5.41) is 26.2. The van der Waals surface area contributed by atoms with Gasteiger partial charge in [0.05, 0.1) is 48.0 Å². The lowest BCUT2D eigenvalue weighted by Gasteiger charge is -2.41. The number of hydrogen-bond donors (Lipinski definition) is 7. The van der Waals surface area contributed by atoms with Crippen LogP contribution in [-0.4, -0.2) is 164 Å². The van der Waals surface area contributed by atoms with E-state index in [1.54, 1.807) is 46.9 Å². The molecule has 2 aromatic carbocycles. The number of likely N-dealkylation sites (N-methyl/N-ethyl adjacent to an activating group) is 1. The van der Waals surface area contributed by atoms with Crippen LogP contribution < -0.4 is 42.0 Å². The molecule has 3 aliphatic heterocycles. The average molecular weight is 1300 g/mol. The Balaban J connectivity index is 1.39. The quantitative estimate of drug-likeness (QED) is 0.0208. The summed E-state index contributed by atoms with van der Waals surface area (Å²) in [6.07, 6.45) is 3.03. The number of methoxy groups -OCH3 is 2. The lowest BCUT2D eigenvalue weighted by atomic mass is 9.78. The van der Waals surface area contributed by atoms with Gasteiger partial charge in [0.1, 0.15) is 53.4 Å². The number of nitrogens with zero attached hydrogens (tertiary/aromatic N) is 2. The molecule has 3 heterocycles. The molecule has 0 unspecified atom stereocenters. The van der Waals surface area contributed by atoms with Crippen molar-refractivity contribution in [2.24, 2.45) is 17.6 Å². The zero-order valence-corrected chi connectivity index (χ0v) is 53.9. The lowest BCUT2D eigenvalue weighted by Crippen LogP contribution is -2.54. The molecule has 8 N–H and O–H groups in total. The van der Waals surface area contributed by atoms with E-state index in [0.717, 1.165) is 16.0 Å². The molecule has 0 saturated carbocycles. The number of primary amides is 1. The molecular weight excluding hydrogens is 1210 g/mol. The van der Waals surface area contributed by atoms with Crippen molar-refractivity contribution in [3.8, 4) is 5.75 Å². The number of epoxide rings is 1. The van der Waals surface area contributed by atoms with E-state index < -0.39 is 120 Å². The minimum atomic E-state index is -1.67. The minimum Gasteiger partial charge on any atom is -0.497 e. The van der Waals surface area contributed by atoms with Gasteiger partial charge in [0.25, 0.3) is 5.91 Å². The fourth-order valence-corrected chi connectivity index (χ4v) is 11.1. The topological polar surface area (TPSA) is 316 Å². The van der Waals surface area contributed by atoms with Crippen molar-refractivity contribution in [3.63, 3.8) is 0 Å². The maximum Gasteiger partial charge on any atom is 0.328 e. The molecule has 478 valence electrons. The number of rotatable bonds is 24. The molecule has 0 spiro atoms. The first kappa shape index (κ1) is 70.9. The van der Waals surface area contributed by atoms with Crippen LogP contribution >= 0.6 is 27.5 Å². The zero-order chi connectivity index (χ0) is 64.7. The van der Waals surface area contributed by atoms with Crippen molar-refractivity contribution < 1.29 is 71.9 Å². The molecule has 2 saturated heterocycles. The van der Waals surface area contributed by atoms with Crippen molar-refractivity contribution in [1.29, 1.82) is 0 Å². The summed E-state index contributed by atoms with van der Waals surface area (Å²) >= 11 is 10.1. The molecule has 3 aliphatic rings. The summed E-state index contributed by atoms with van der Waals surface area (Å²) in [5.41, 5.74) is 5.38. The van der Waals surface area contributed by atoms with E-state index in [1.165, 1.54) is 51.3 Å². The normalized spacial score (nSPS) is 24.1. The van der Waals surface area contributed by atoms with E-state index in [9.17, 15) is 48.3 Å². The molecule has 10 atom stereocenters. The Hall–Kier alpha value is -6.86. The third-order valence-corrected chi connectivity index (χ3v) is 17.3. The number of benzene rings is 2. The van der Waals surface area contributed by atoms with Gasteiger partial charge in [-0.05, 0) is 95.0 Å². The number of aryl methyl sites for hydroxylation is 1. The Morgan fingerprint density at radius 2 is 1.69 bits per heavy atom. The van der Waals surface area contributed by atoms with Crippen molar-refractivity contribution in [2.45, 2.75) is 166 Å². The molecule has 2 aromatic rings. The van der Waals surface area contributed by atoms with Crippen molar-refractivity contribution in [3.05, 3.63) is 88.0 Å². The number of nitrogens with two attached hydrogens (primary N) is 1. The number of carbonyl (C=O) groups excluding carboxylic acids is 9. The van der Waals surface area contributed by atoms with E-state index in [-0.39, 0.29) is 61.6 Å². The number of halogens is 2. The van der Waals surface area contributed by atoms with Crippen molar-refractivity contribution >= 4 is 92.3 Å². The van der Waals surface area contributed by atoms with Gasteiger partial charge in [-0.1, -0.05) is 91.2 Å². The van der Waals surface area contributed by atoms with Gasteiger partial charge < -0.3 is 70.9 Å². The van der Waals surface area contributed by atoms with Crippen LogP contribution in [0.3, 0.4) is 0 Å². The molecule has 25 heteroatoms. The maximum atomic E-state index is 14.7. The number of urea groups is 1. The van der Waals surface area contributed by atoms with E-state index >= 15 is 0 Å². The number of anilines is 2. The maximum absolute atomic E-state index is 14.7. The zero-order valence-electron chi connectivity index (χ0n) is 51.6. The number of fused-ring (bicyclic) bond motifs is 5. The molecule has 2 fully saturated rings. The SMILES string of the molecule is C=C(CBr)C(=O)NCCCCCC(=O)N[C@H](C(=O)N[C@@H](CCCNC(N)=O)C(=O)Nc1cc(OC)ccc1C(=O)N(C)[C@@H](C)C(=O)O[C@H]1CC(=O)N(C)c2cc(cc(C)c2Cl)C/C(C)=C/C=C/[C@@H](OC)[C@]2(O)CC(=O)O[C@@H](C2)[C@@H](C)[C@@H]2O[C@@]12C)C(C)C. The summed E-state index contributed by atoms with van der Waals surface area (Å²) in [5.74, 6) is -5.79. The first-order chi connectivity index (χ1) is 41.0. The van der Waals surface area contributed by atoms with E-state index in [0.29, 0.717) is 59.4 Å². The largest absolute Gasteiger partial charge is 0.497 e. The van der Waals surface area contributed by atoms with Crippen molar-refractivity contribution in [2.75, 3.05) is 57.0 Å². The molecule has 0 aliphatic carbocycles. The smallest absolute Gasteiger partial charge is 0.328 e. The second-order valence-electron chi connectivity index (χ2n) is 23.2. The fraction of sp³-hybridized carbons (Fsp3) is 0.565. The Labute approximate surface area is 522 Å². The second-order valence-corrected chi connectivity index (χ2v) is 24.2. The van der Waals surface area contributed by atoms with Crippen LogP contribution in [0.15, 0.2) is 66.3 Å². The van der Waals surface area contributed by atoms with Crippen LogP contribution in [0.2, 0.25) is 5.02 Å². The monoisotopic (exact) mass is 1300 g/mol. The summed E-state index contributed by atoms with van der Waals surface area (Å²) in [4.78, 5) is 125. The molecule has 8 amide bonds. The lowest BCUT2D eigenvalue weighted by molar-refractivity contribution is -0.187. The number of amides is 8. The molecule has 23 nitrogen and oxygen atoms in total. The first-order valence-corrected chi connectivity index (χ1v) is 30.6. The molecule has 0 aromatic heterocycles. The van der Waals surface area contributed by atoms with Crippen LogP contribution in [0.5, 0.6) is 5.75 Å². The Morgan fingerprint density at radius 1 is 0.989 bits per heavy atom. The van der Waals surface area contributed by atoms with Gasteiger partial charge in [0.15, 0.2) is 0 Å². The van der Waals surface area contributed by atoms with Crippen LogP contribution in [-0.2, 0) is 58.9 Å². The highest BCUT2D eigenvalue weighted by Gasteiger charge is 2.64. The Bertz CT molecular complexity index is 2960. The predicted octanol–water partition coefficient (Wildman–Crippen LogP) is 6.03. The van der Waals surface area contributed by atoms with Crippen LogP contribution in [0, 0.1) is 18.8 Å². The highest BCUT2D eigenvalue weighted by molar-refractivity contribution is 9.09. The van der Waals surface area contributed by atoms with Gasteiger partial charge in [-0.15, -0.1) is 0 Å². The Kier molecular flexibility index (Phi) is 26.0. The predicted molar refractivity (Wildman–Crippen MR) is 331 cm³/mol. The van der Waals surface area contributed by atoms with Crippen LogP contribution in [0.1, 0.15) is 121 Å². The molecule has 87 heavy (non-hydrogen) atoms. The number of nitrogens with one attached hydrogen (secondary N) is 5.